The third kappa shape index (κ3) is 4.31. The molecular formula is C17H21NO2. The van der Waals surface area contributed by atoms with Crippen molar-refractivity contribution in [2.75, 3.05) is 0 Å². The van der Waals surface area contributed by atoms with Gasteiger partial charge in [0.25, 0.3) is 0 Å². The molecule has 1 saturated carbocycles. The average Bonchev–Trinajstić information content (AvgIpc) is 2.52. The summed E-state index contributed by atoms with van der Waals surface area (Å²) in [6, 6.07) is 9.41. The van der Waals surface area contributed by atoms with Crippen LogP contribution in [-0.4, -0.2) is 12.1 Å². The normalized spacial score (nSPS) is 16.9. The molecule has 1 atom stereocenters. The van der Waals surface area contributed by atoms with Gasteiger partial charge >= 0.3 is 6.09 Å². The minimum absolute atomic E-state index is 0.210. The van der Waals surface area contributed by atoms with E-state index in [2.05, 4.69) is 11.2 Å². The van der Waals surface area contributed by atoms with Gasteiger partial charge in [-0.15, -0.1) is 6.42 Å². The lowest BCUT2D eigenvalue weighted by atomic mass is 9.84. The third-order valence-electron chi connectivity index (χ3n) is 3.79. The highest BCUT2D eigenvalue weighted by Crippen LogP contribution is 2.26. The molecule has 0 heterocycles. The highest BCUT2D eigenvalue weighted by atomic mass is 16.5. The monoisotopic (exact) mass is 271 g/mol. The van der Waals surface area contributed by atoms with E-state index in [0.29, 0.717) is 5.92 Å². The van der Waals surface area contributed by atoms with Gasteiger partial charge < -0.3 is 10.1 Å². The number of hydrogen-bond acceptors (Lipinski definition) is 2. The summed E-state index contributed by atoms with van der Waals surface area (Å²) in [6.45, 7) is 0.272. The molecule has 1 aromatic carbocycles. The second-order valence-electron chi connectivity index (χ2n) is 5.25. The molecule has 0 bridgehead atoms. The van der Waals surface area contributed by atoms with Gasteiger partial charge in [0.2, 0.25) is 0 Å². The number of amides is 1. The first-order valence-corrected chi connectivity index (χ1v) is 7.23. The van der Waals surface area contributed by atoms with Crippen molar-refractivity contribution in [1.29, 1.82) is 0 Å². The smallest absolute Gasteiger partial charge is 0.408 e. The summed E-state index contributed by atoms with van der Waals surface area (Å²) in [7, 11) is 0. The lowest BCUT2D eigenvalue weighted by molar-refractivity contribution is 0.133. The Kier molecular flexibility index (Phi) is 5.49. The fraction of sp³-hybridized carbons (Fsp3) is 0.471. The molecule has 0 aromatic heterocycles. The van der Waals surface area contributed by atoms with E-state index in [1.165, 1.54) is 19.3 Å². The number of benzene rings is 1. The van der Waals surface area contributed by atoms with E-state index in [0.717, 1.165) is 18.4 Å². The van der Waals surface area contributed by atoms with Crippen LogP contribution in [0.5, 0.6) is 0 Å². The molecule has 3 heteroatoms. The van der Waals surface area contributed by atoms with Crippen LogP contribution in [0.15, 0.2) is 30.3 Å². The number of alkyl carbamates (subject to hydrolysis) is 1. The number of carbonyl (C=O) groups is 1. The van der Waals surface area contributed by atoms with Crippen molar-refractivity contribution >= 4 is 6.09 Å². The van der Waals surface area contributed by atoms with Gasteiger partial charge in [-0.3, -0.25) is 0 Å². The van der Waals surface area contributed by atoms with Gasteiger partial charge in [-0.1, -0.05) is 55.5 Å². The second-order valence-corrected chi connectivity index (χ2v) is 5.25. The van der Waals surface area contributed by atoms with Crippen LogP contribution >= 0.6 is 0 Å². The highest BCUT2D eigenvalue weighted by molar-refractivity contribution is 5.68. The molecular weight excluding hydrogens is 250 g/mol. The zero-order chi connectivity index (χ0) is 14.2. The molecule has 1 aliphatic rings. The van der Waals surface area contributed by atoms with E-state index >= 15 is 0 Å². The molecule has 0 radical (unpaired) electrons. The van der Waals surface area contributed by atoms with Crippen LogP contribution in [0.25, 0.3) is 0 Å². The topological polar surface area (TPSA) is 38.3 Å². The molecule has 106 valence electrons. The first-order valence-electron chi connectivity index (χ1n) is 7.23. The Balaban J connectivity index is 1.79. The van der Waals surface area contributed by atoms with Crippen LogP contribution in [0.2, 0.25) is 0 Å². The summed E-state index contributed by atoms with van der Waals surface area (Å²) in [5.74, 6) is 3.08. The molecule has 3 nitrogen and oxygen atoms in total. The van der Waals surface area contributed by atoms with Crippen molar-refractivity contribution in [3.8, 4) is 12.3 Å². The maximum Gasteiger partial charge on any atom is 0.408 e. The second kappa shape index (κ2) is 7.59. The van der Waals surface area contributed by atoms with Crippen LogP contribution < -0.4 is 5.32 Å². The molecule has 1 unspecified atom stereocenters. The zero-order valence-corrected chi connectivity index (χ0v) is 11.7. The zero-order valence-electron chi connectivity index (χ0n) is 11.7. The van der Waals surface area contributed by atoms with Gasteiger partial charge in [0, 0.05) is 0 Å². The van der Waals surface area contributed by atoms with E-state index in [4.69, 9.17) is 11.2 Å². The molecule has 1 fully saturated rings. The number of carbonyl (C=O) groups excluding carboxylic acids is 1. The quantitative estimate of drug-likeness (QED) is 0.851. The minimum Gasteiger partial charge on any atom is -0.445 e. The average molecular weight is 271 g/mol. The predicted octanol–water partition coefficient (Wildman–Crippen LogP) is 3.49. The summed E-state index contributed by atoms with van der Waals surface area (Å²) in [5.41, 5.74) is 0.970. The summed E-state index contributed by atoms with van der Waals surface area (Å²) >= 11 is 0. The number of ether oxygens (including phenoxy) is 1. The fourth-order valence-corrected chi connectivity index (χ4v) is 2.65. The molecule has 1 aliphatic carbocycles. The van der Waals surface area contributed by atoms with Gasteiger partial charge in [0.05, 0.1) is 6.04 Å². The van der Waals surface area contributed by atoms with Crippen molar-refractivity contribution in [2.45, 2.75) is 44.8 Å². The number of terminal acetylenes is 1. The number of nitrogens with one attached hydrogen (secondary N) is 1. The van der Waals surface area contributed by atoms with Crippen molar-refractivity contribution < 1.29 is 9.53 Å². The largest absolute Gasteiger partial charge is 0.445 e. The van der Waals surface area contributed by atoms with Crippen LogP contribution in [0.1, 0.15) is 37.7 Å². The standard InChI is InChI=1S/C17H21NO2/c1-2-16(15-11-7-4-8-12-15)18-17(19)20-13-14-9-5-3-6-10-14/h1,3,5-6,9-10,15-16H,4,7-8,11-13H2,(H,18,19). The van der Waals surface area contributed by atoms with Gasteiger partial charge in [-0.25, -0.2) is 4.79 Å². The Bertz CT molecular complexity index is 458. The first-order chi connectivity index (χ1) is 9.79. The Morgan fingerprint density at radius 1 is 1.30 bits per heavy atom. The van der Waals surface area contributed by atoms with Crippen molar-refractivity contribution in [2.24, 2.45) is 5.92 Å². The molecule has 0 saturated heterocycles. The van der Waals surface area contributed by atoms with E-state index in [9.17, 15) is 4.79 Å². The number of hydrogen-bond donors (Lipinski definition) is 1. The van der Waals surface area contributed by atoms with E-state index < -0.39 is 6.09 Å². The Hall–Kier alpha value is -1.95. The van der Waals surface area contributed by atoms with Crippen LogP contribution in [0.4, 0.5) is 4.79 Å². The molecule has 0 spiro atoms. The van der Waals surface area contributed by atoms with Gasteiger partial charge in [0.1, 0.15) is 6.61 Å². The lowest BCUT2D eigenvalue weighted by Gasteiger charge is -2.27. The number of rotatable bonds is 4. The summed E-state index contributed by atoms with van der Waals surface area (Å²) in [6.07, 6.45) is 11.0. The summed E-state index contributed by atoms with van der Waals surface area (Å²) < 4.78 is 5.21. The van der Waals surface area contributed by atoms with Gasteiger partial charge in [-0.2, -0.15) is 0 Å². The molecule has 1 N–H and O–H groups in total. The molecule has 2 rings (SSSR count). The lowest BCUT2D eigenvalue weighted by Crippen LogP contribution is -2.40. The summed E-state index contributed by atoms with van der Waals surface area (Å²) in [4.78, 5) is 11.8. The molecule has 0 aliphatic heterocycles. The SMILES string of the molecule is C#CC(NC(=O)OCc1ccccc1)C1CCCCC1. The Labute approximate surface area is 120 Å². The summed E-state index contributed by atoms with van der Waals surface area (Å²) in [5, 5.41) is 2.81. The Morgan fingerprint density at radius 2 is 2.00 bits per heavy atom. The molecule has 20 heavy (non-hydrogen) atoms. The van der Waals surface area contributed by atoms with E-state index in [-0.39, 0.29) is 12.6 Å². The first kappa shape index (κ1) is 14.5. The van der Waals surface area contributed by atoms with Crippen molar-refractivity contribution in [3.63, 3.8) is 0 Å². The van der Waals surface area contributed by atoms with Crippen molar-refractivity contribution in [1.82, 2.24) is 5.32 Å². The van der Waals surface area contributed by atoms with Crippen LogP contribution in [0, 0.1) is 18.3 Å². The van der Waals surface area contributed by atoms with Crippen molar-refractivity contribution in [3.05, 3.63) is 35.9 Å². The van der Waals surface area contributed by atoms with E-state index in [1.54, 1.807) is 0 Å². The third-order valence-corrected chi connectivity index (χ3v) is 3.79. The maximum atomic E-state index is 11.8. The maximum absolute atomic E-state index is 11.8. The van der Waals surface area contributed by atoms with Gasteiger partial charge in [0.15, 0.2) is 0 Å². The molecule has 1 aromatic rings. The highest BCUT2D eigenvalue weighted by Gasteiger charge is 2.23. The Morgan fingerprint density at radius 3 is 2.65 bits per heavy atom. The van der Waals surface area contributed by atoms with Crippen LogP contribution in [-0.2, 0) is 11.3 Å². The molecule has 1 amide bonds. The van der Waals surface area contributed by atoms with Gasteiger partial charge in [-0.05, 0) is 24.3 Å². The van der Waals surface area contributed by atoms with Crippen LogP contribution in [0.3, 0.4) is 0 Å². The minimum atomic E-state index is -0.428. The fourth-order valence-electron chi connectivity index (χ4n) is 2.65. The predicted molar refractivity (Wildman–Crippen MR) is 79.0 cm³/mol. The van der Waals surface area contributed by atoms with E-state index in [1.807, 2.05) is 30.3 Å².